The first-order chi connectivity index (χ1) is 8.99. The molecule has 8 heteroatoms. The van der Waals surface area contributed by atoms with Gasteiger partial charge >= 0.3 is 0 Å². The number of halogens is 1. The highest BCUT2D eigenvalue weighted by Gasteiger charge is 2.18. The van der Waals surface area contributed by atoms with Gasteiger partial charge < -0.3 is 9.88 Å². The molecule has 0 radical (unpaired) electrons. The van der Waals surface area contributed by atoms with Crippen LogP contribution in [0.1, 0.15) is 10.5 Å². The Hall–Kier alpha value is -2.22. The second-order valence-corrected chi connectivity index (χ2v) is 4.59. The van der Waals surface area contributed by atoms with E-state index in [9.17, 15) is 14.9 Å². The molecule has 2 aromatic heterocycles. The summed E-state index contributed by atoms with van der Waals surface area (Å²) in [5.41, 5.74) is 0.0528. The van der Waals surface area contributed by atoms with Crippen LogP contribution in [0, 0.1) is 10.1 Å². The fourth-order valence-electron chi connectivity index (χ4n) is 1.52. The predicted molar refractivity (Wildman–Crippen MR) is 72.0 cm³/mol. The number of carbonyl (C=O) groups excluding carboxylic acids is 1. The number of anilines is 1. The zero-order chi connectivity index (χ0) is 14.0. The fraction of sp³-hybridized carbons (Fsp3) is 0.0909. The largest absolute Gasteiger partial charge is 0.340 e. The predicted octanol–water partition coefficient (Wildman–Crippen LogP) is 2.34. The number of rotatable bonds is 3. The van der Waals surface area contributed by atoms with E-state index in [2.05, 4.69) is 26.2 Å². The Morgan fingerprint density at radius 3 is 2.89 bits per heavy atom. The number of pyridine rings is 1. The molecule has 2 aromatic rings. The van der Waals surface area contributed by atoms with E-state index < -0.39 is 10.8 Å². The van der Waals surface area contributed by atoms with Crippen LogP contribution in [0.25, 0.3) is 0 Å². The Bertz CT molecular complexity index is 653. The summed E-state index contributed by atoms with van der Waals surface area (Å²) in [5.74, 6) is -0.105. The highest BCUT2D eigenvalue weighted by Crippen LogP contribution is 2.20. The van der Waals surface area contributed by atoms with Gasteiger partial charge in [0, 0.05) is 19.3 Å². The Morgan fingerprint density at radius 2 is 2.32 bits per heavy atom. The first-order valence-corrected chi connectivity index (χ1v) is 6.01. The van der Waals surface area contributed by atoms with E-state index in [1.807, 2.05) is 0 Å². The third kappa shape index (κ3) is 2.79. The summed E-state index contributed by atoms with van der Waals surface area (Å²) in [7, 11) is 1.56. The number of nitrogens with zero attached hydrogens (tertiary/aromatic N) is 3. The number of hydrogen-bond donors (Lipinski definition) is 1. The van der Waals surface area contributed by atoms with E-state index in [0.29, 0.717) is 10.3 Å². The van der Waals surface area contributed by atoms with Gasteiger partial charge in [0.1, 0.15) is 11.5 Å². The smallest absolute Gasteiger partial charge is 0.287 e. The molecule has 98 valence electrons. The number of nitro groups is 1. The van der Waals surface area contributed by atoms with Crippen LogP contribution in [0.4, 0.5) is 11.5 Å². The van der Waals surface area contributed by atoms with Gasteiger partial charge in [0.15, 0.2) is 0 Å². The fourth-order valence-corrected chi connectivity index (χ4v) is 1.88. The highest BCUT2D eigenvalue weighted by molar-refractivity contribution is 9.10. The molecule has 0 unspecified atom stereocenters. The minimum Gasteiger partial charge on any atom is -0.340 e. The molecule has 0 aromatic carbocycles. The van der Waals surface area contributed by atoms with Crippen molar-refractivity contribution >= 4 is 33.3 Å². The van der Waals surface area contributed by atoms with Crippen molar-refractivity contribution in [2.75, 3.05) is 5.32 Å². The molecule has 0 fully saturated rings. The summed E-state index contributed by atoms with van der Waals surface area (Å²) in [6.45, 7) is 0. The van der Waals surface area contributed by atoms with Gasteiger partial charge in [0.2, 0.25) is 0 Å². The molecule has 0 aliphatic heterocycles. The minimum absolute atomic E-state index is 0.132. The van der Waals surface area contributed by atoms with Crippen LogP contribution < -0.4 is 5.32 Å². The third-order valence-corrected chi connectivity index (χ3v) is 3.06. The van der Waals surface area contributed by atoms with Crippen LogP contribution in [-0.4, -0.2) is 20.4 Å². The molecule has 7 nitrogen and oxygen atoms in total. The maximum atomic E-state index is 12.0. The summed E-state index contributed by atoms with van der Waals surface area (Å²) in [6.07, 6.45) is 2.82. The highest BCUT2D eigenvalue weighted by atomic mass is 79.9. The molecule has 1 amide bonds. The molecule has 0 saturated carbocycles. The van der Waals surface area contributed by atoms with Gasteiger partial charge in [-0.3, -0.25) is 14.9 Å². The second kappa shape index (κ2) is 5.19. The van der Waals surface area contributed by atoms with E-state index in [1.165, 1.54) is 23.0 Å². The number of aromatic nitrogens is 2. The van der Waals surface area contributed by atoms with Crippen molar-refractivity contribution in [3.63, 3.8) is 0 Å². The quantitative estimate of drug-likeness (QED) is 0.693. The van der Waals surface area contributed by atoms with Crippen LogP contribution in [0.5, 0.6) is 0 Å². The lowest BCUT2D eigenvalue weighted by atomic mass is 10.3. The Balaban J connectivity index is 2.26. The summed E-state index contributed by atoms with van der Waals surface area (Å²) >= 11 is 3.25. The molecule has 2 heterocycles. The molecule has 19 heavy (non-hydrogen) atoms. The van der Waals surface area contributed by atoms with E-state index in [0.717, 1.165) is 0 Å². The lowest BCUT2D eigenvalue weighted by Gasteiger charge is -2.06. The summed E-state index contributed by atoms with van der Waals surface area (Å²) < 4.78 is 2.02. The average molecular weight is 325 g/mol. The molecule has 0 spiro atoms. The monoisotopic (exact) mass is 324 g/mol. The molecule has 0 saturated heterocycles. The zero-order valence-corrected chi connectivity index (χ0v) is 11.4. The molecule has 0 atom stereocenters. The minimum atomic E-state index is -0.548. The lowest BCUT2D eigenvalue weighted by Crippen LogP contribution is -2.16. The van der Waals surface area contributed by atoms with Gasteiger partial charge in [-0.15, -0.1) is 0 Å². The Labute approximate surface area is 116 Å². The van der Waals surface area contributed by atoms with Crippen molar-refractivity contribution in [2.24, 2.45) is 7.05 Å². The van der Waals surface area contributed by atoms with Crippen molar-refractivity contribution < 1.29 is 9.72 Å². The SMILES string of the molecule is Cn1cc([N+](=O)[O-])cc1C(=O)Nc1ncccc1Br. The maximum Gasteiger partial charge on any atom is 0.287 e. The molecule has 0 aliphatic rings. The van der Waals surface area contributed by atoms with Crippen molar-refractivity contribution in [3.8, 4) is 0 Å². The first kappa shape index (κ1) is 13.2. The molecular weight excluding hydrogens is 316 g/mol. The number of nitrogens with one attached hydrogen (secondary N) is 1. The number of aryl methyl sites for hydroxylation is 1. The number of carbonyl (C=O) groups is 1. The van der Waals surface area contributed by atoms with E-state index in [1.54, 1.807) is 19.2 Å². The van der Waals surface area contributed by atoms with E-state index in [-0.39, 0.29) is 11.4 Å². The number of amides is 1. The van der Waals surface area contributed by atoms with Gasteiger partial charge in [0.25, 0.3) is 11.6 Å². The number of hydrogen-bond acceptors (Lipinski definition) is 4. The van der Waals surface area contributed by atoms with Gasteiger partial charge in [-0.05, 0) is 28.1 Å². The standard InChI is InChI=1S/C11H9BrN4O3/c1-15-6-7(16(18)19)5-9(15)11(17)14-10-8(12)3-2-4-13-10/h2-6H,1H3,(H,13,14,17). The second-order valence-electron chi connectivity index (χ2n) is 3.74. The van der Waals surface area contributed by atoms with E-state index >= 15 is 0 Å². The van der Waals surface area contributed by atoms with Crippen LogP contribution in [0.15, 0.2) is 35.1 Å². The van der Waals surface area contributed by atoms with Gasteiger partial charge in [0.05, 0.1) is 15.6 Å². The lowest BCUT2D eigenvalue weighted by molar-refractivity contribution is -0.384. The Morgan fingerprint density at radius 1 is 1.58 bits per heavy atom. The van der Waals surface area contributed by atoms with Crippen LogP contribution in [-0.2, 0) is 7.05 Å². The van der Waals surface area contributed by atoms with Crippen molar-refractivity contribution in [1.29, 1.82) is 0 Å². The summed E-state index contributed by atoms with van der Waals surface area (Å²) in [4.78, 5) is 26.1. The van der Waals surface area contributed by atoms with Gasteiger partial charge in [-0.1, -0.05) is 0 Å². The summed E-state index contributed by atoms with van der Waals surface area (Å²) in [5, 5.41) is 13.2. The van der Waals surface area contributed by atoms with Crippen LogP contribution >= 0.6 is 15.9 Å². The van der Waals surface area contributed by atoms with Crippen molar-refractivity contribution in [2.45, 2.75) is 0 Å². The average Bonchev–Trinajstić information content (AvgIpc) is 2.74. The van der Waals surface area contributed by atoms with Crippen LogP contribution in [0.2, 0.25) is 0 Å². The summed E-state index contributed by atoms with van der Waals surface area (Å²) in [6, 6.07) is 4.66. The molecule has 0 aliphatic carbocycles. The van der Waals surface area contributed by atoms with Crippen LogP contribution in [0.3, 0.4) is 0 Å². The zero-order valence-electron chi connectivity index (χ0n) is 9.83. The van der Waals surface area contributed by atoms with Gasteiger partial charge in [-0.2, -0.15) is 0 Å². The molecule has 0 bridgehead atoms. The van der Waals surface area contributed by atoms with Crippen molar-refractivity contribution in [1.82, 2.24) is 9.55 Å². The topological polar surface area (TPSA) is 90.1 Å². The molecule has 1 N–H and O–H groups in total. The van der Waals surface area contributed by atoms with E-state index in [4.69, 9.17) is 0 Å². The Kier molecular flexibility index (Phi) is 3.61. The maximum absolute atomic E-state index is 12.0. The van der Waals surface area contributed by atoms with Crippen molar-refractivity contribution in [3.05, 3.63) is 50.9 Å². The third-order valence-electron chi connectivity index (χ3n) is 2.42. The molecular formula is C11H9BrN4O3. The molecule has 2 rings (SSSR count). The first-order valence-electron chi connectivity index (χ1n) is 5.21. The normalized spacial score (nSPS) is 10.2. The van der Waals surface area contributed by atoms with Gasteiger partial charge in [-0.25, -0.2) is 4.98 Å².